The highest BCUT2D eigenvalue weighted by Gasteiger charge is 2.18. The standard InChI is InChI=1S/C18H14ClFN2O3/c1-25-14-6-5-12(10-22-8-7-21-17(22)18(23)24)16(20)15(14)11-3-2-4-13(19)9-11/h2-9H,10H2,1H3,(H,23,24). The predicted molar refractivity (Wildman–Crippen MR) is 91.7 cm³/mol. The molecule has 0 radical (unpaired) electrons. The van der Waals surface area contributed by atoms with E-state index >= 15 is 4.39 Å². The van der Waals surface area contributed by atoms with Crippen molar-refractivity contribution in [3.05, 3.63) is 71.0 Å². The van der Waals surface area contributed by atoms with Gasteiger partial charge < -0.3 is 14.4 Å². The van der Waals surface area contributed by atoms with Crippen molar-refractivity contribution >= 4 is 17.6 Å². The van der Waals surface area contributed by atoms with Crippen LogP contribution in [0.3, 0.4) is 0 Å². The molecule has 2 aromatic carbocycles. The van der Waals surface area contributed by atoms with E-state index in [0.29, 0.717) is 21.9 Å². The Labute approximate surface area is 148 Å². The summed E-state index contributed by atoms with van der Waals surface area (Å²) < 4.78 is 21.8. The number of ether oxygens (including phenoxy) is 1. The van der Waals surface area contributed by atoms with E-state index in [0.717, 1.165) is 0 Å². The lowest BCUT2D eigenvalue weighted by Crippen LogP contribution is -2.11. The first-order chi connectivity index (χ1) is 12.0. The summed E-state index contributed by atoms with van der Waals surface area (Å²) in [6.45, 7) is 0.0328. The summed E-state index contributed by atoms with van der Waals surface area (Å²) in [4.78, 5) is 14.9. The van der Waals surface area contributed by atoms with Crippen molar-refractivity contribution in [2.45, 2.75) is 6.54 Å². The molecule has 7 heteroatoms. The molecule has 0 aliphatic carbocycles. The second-order valence-corrected chi connectivity index (χ2v) is 5.75. The summed E-state index contributed by atoms with van der Waals surface area (Å²) in [5, 5.41) is 9.61. The van der Waals surface area contributed by atoms with Gasteiger partial charge in [-0.1, -0.05) is 29.8 Å². The Kier molecular flexibility index (Phi) is 4.72. The Bertz CT molecular complexity index is 940. The minimum absolute atomic E-state index is 0.0328. The van der Waals surface area contributed by atoms with Gasteiger partial charge in [-0.05, 0) is 23.8 Å². The maximum atomic E-state index is 15.2. The normalized spacial score (nSPS) is 10.7. The van der Waals surface area contributed by atoms with Gasteiger partial charge in [0.05, 0.1) is 19.2 Å². The van der Waals surface area contributed by atoms with Crippen LogP contribution >= 0.6 is 11.6 Å². The lowest BCUT2D eigenvalue weighted by atomic mass is 10.0. The molecule has 0 bridgehead atoms. The van der Waals surface area contributed by atoms with Crippen molar-refractivity contribution in [1.29, 1.82) is 0 Å². The smallest absolute Gasteiger partial charge is 0.372 e. The van der Waals surface area contributed by atoms with Crippen LogP contribution in [0.1, 0.15) is 16.2 Å². The maximum absolute atomic E-state index is 15.2. The monoisotopic (exact) mass is 360 g/mol. The number of hydrogen-bond donors (Lipinski definition) is 1. The molecule has 0 fully saturated rings. The van der Waals surface area contributed by atoms with E-state index in [1.165, 1.54) is 24.1 Å². The number of carbonyl (C=O) groups is 1. The minimum Gasteiger partial charge on any atom is -0.496 e. The van der Waals surface area contributed by atoms with Gasteiger partial charge in [-0.25, -0.2) is 14.2 Å². The summed E-state index contributed by atoms with van der Waals surface area (Å²) in [7, 11) is 1.46. The van der Waals surface area contributed by atoms with Crippen LogP contribution in [-0.4, -0.2) is 27.7 Å². The molecule has 0 aliphatic heterocycles. The molecule has 5 nitrogen and oxygen atoms in total. The van der Waals surface area contributed by atoms with Crippen LogP contribution in [0.4, 0.5) is 4.39 Å². The summed E-state index contributed by atoms with van der Waals surface area (Å²) in [6.07, 6.45) is 2.86. The molecule has 0 aliphatic rings. The first kappa shape index (κ1) is 17.0. The molecule has 3 aromatic rings. The highest BCUT2D eigenvalue weighted by Crippen LogP contribution is 2.35. The third-order valence-corrected chi connectivity index (χ3v) is 4.00. The van der Waals surface area contributed by atoms with E-state index in [1.807, 2.05) is 0 Å². The molecule has 0 unspecified atom stereocenters. The summed E-state index contributed by atoms with van der Waals surface area (Å²) in [6, 6.07) is 10.0. The Morgan fingerprint density at radius 1 is 1.36 bits per heavy atom. The van der Waals surface area contributed by atoms with Crippen molar-refractivity contribution in [1.82, 2.24) is 9.55 Å². The average Bonchev–Trinajstić information content (AvgIpc) is 3.05. The number of carboxylic acids is 1. The molecule has 1 heterocycles. The maximum Gasteiger partial charge on any atom is 0.372 e. The zero-order valence-corrected chi connectivity index (χ0v) is 14.0. The minimum atomic E-state index is -1.17. The fraction of sp³-hybridized carbons (Fsp3) is 0.111. The average molecular weight is 361 g/mol. The first-order valence-electron chi connectivity index (χ1n) is 7.37. The lowest BCUT2D eigenvalue weighted by molar-refractivity contribution is 0.0678. The van der Waals surface area contributed by atoms with Crippen molar-refractivity contribution in [3.8, 4) is 16.9 Å². The molecular weight excluding hydrogens is 347 g/mol. The Morgan fingerprint density at radius 2 is 2.16 bits per heavy atom. The molecule has 128 valence electrons. The number of imidazole rings is 1. The highest BCUT2D eigenvalue weighted by molar-refractivity contribution is 6.30. The summed E-state index contributed by atoms with van der Waals surface area (Å²) in [5.41, 5.74) is 1.17. The van der Waals surface area contributed by atoms with Gasteiger partial charge in [-0.2, -0.15) is 0 Å². The van der Waals surface area contributed by atoms with Gasteiger partial charge in [-0.3, -0.25) is 0 Å². The van der Waals surface area contributed by atoms with Crippen LogP contribution in [0.15, 0.2) is 48.8 Å². The molecule has 0 spiro atoms. The van der Waals surface area contributed by atoms with Gasteiger partial charge in [0, 0.05) is 23.0 Å². The highest BCUT2D eigenvalue weighted by atomic mass is 35.5. The van der Waals surface area contributed by atoms with Gasteiger partial charge in [0.2, 0.25) is 5.82 Å². The van der Waals surface area contributed by atoms with Crippen molar-refractivity contribution < 1.29 is 19.0 Å². The van der Waals surface area contributed by atoms with E-state index in [9.17, 15) is 4.79 Å². The third kappa shape index (κ3) is 3.34. The first-order valence-corrected chi connectivity index (χ1v) is 7.74. The van der Waals surface area contributed by atoms with Crippen LogP contribution in [0.25, 0.3) is 11.1 Å². The molecule has 0 saturated heterocycles. The molecule has 0 atom stereocenters. The van der Waals surface area contributed by atoms with Crippen LogP contribution in [-0.2, 0) is 6.54 Å². The van der Waals surface area contributed by atoms with Crippen molar-refractivity contribution in [2.75, 3.05) is 7.11 Å². The molecule has 0 saturated carbocycles. The molecule has 0 amide bonds. The molecule has 1 aromatic heterocycles. The largest absolute Gasteiger partial charge is 0.496 e. The Morgan fingerprint density at radius 3 is 2.84 bits per heavy atom. The van der Waals surface area contributed by atoms with Crippen LogP contribution in [0.2, 0.25) is 5.02 Å². The van der Waals surface area contributed by atoms with E-state index in [4.69, 9.17) is 21.4 Å². The SMILES string of the molecule is COc1ccc(Cn2ccnc2C(=O)O)c(F)c1-c1cccc(Cl)c1. The Hall–Kier alpha value is -2.86. The number of rotatable bonds is 5. The quantitative estimate of drug-likeness (QED) is 0.744. The van der Waals surface area contributed by atoms with Gasteiger partial charge in [-0.15, -0.1) is 0 Å². The molecular formula is C18H14ClFN2O3. The van der Waals surface area contributed by atoms with E-state index in [-0.39, 0.29) is 17.9 Å². The molecule has 25 heavy (non-hydrogen) atoms. The number of nitrogens with zero attached hydrogens (tertiary/aromatic N) is 2. The van der Waals surface area contributed by atoms with E-state index < -0.39 is 11.8 Å². The van der Waals surface area contributed by atoms with E-state index in [2.05, 4.69) is 4.98 Å². The third-order valence-electron chi connectivity index (χ3n) is 3.76. The van der Waals surface area contributed by atoms with Crippen molar-refractivity contribution in [2.24, 2.45) is 0 Å². The summed E-state index contributed by atoms with van der Waals surface area (Å²) in [5.74, 6) is -1.45. The van der Waals surface area contributed by atoms with Crippen LogP contribution in [0, 0.1) is 5.82 Å². The molecule has 3 rings (SSSR count). The van der Waals surface area contributed by atoms with Gasteiger partial charge in [0.15, 0.2) is 0 Å². The lowest BCUT2D eigenvalue weighted by Gasteiger charge is -2.14. The zero-order valence-electron chi connectivity index (χ0n) is 13.2. The van der Waals surface area contributed by atoms with Gasteiger partial charge in [0.25, 0.3) is 0 Å². The molecule has 1 N–H and O–H groups in total. The number of benzene rings is 2. The van der Waals surface area contributed by atoms with Crippen LogP contribution < -0.4 is 4.74 Å². The van der Waals surface area contributed by atoms with Gasteiger partial charge in [0.1, 0.15) is 11.6 Å². The number of methoxy groups -OCH3 is 1. The van der Waals surface area contributed by atoms with E-state index in [1.54, 1.807) is 36.4 Å². The Balaban J connectivity index is 2.09. The number of halogens is 2. The number of aromatic nitrogens is 2. The number of carboxylic acid groups (broad SMARTS) is 1. The second kappa shape index (κ2) is 6.94. The number of aromatic carboxylic acids is 1. The summed E-state index contributed by atoms with van der Waals surface area (Å²) >= 11 is 6.01. The van der Waals surface area contributed by atoms with Crippen molar-refractivity contribution in [3.63, 3.8) is 0 Å². The number of hydrogen-bond acceptors (Lipinski definition) is 3. The van der Waals surface area contributed by atoms with Gasteiger partial charge >= 0.3 is 5.97 Å². The topological polar surface area (TPSA) is 64.4 Å². The van der Waals surface area contributed by atoms with Crippen LogP contribution in [0.5, 0.6) is 5.75 Å². The zero-order chi connectivity index (χ0) is 18.0. The fourth-order valence-electron chi connectivity index (χ4n) is 2.63. The fourth-order valence-corrected chi connectivity index (χ4v) is 2.82. The predicted octanol–water partition coefficient (Wildman–Crippen LogP) is 4.10. The second-order valence-electron chi connectivity index (χ2n) is 5.31.